The van der Waals surface area contributed by atoms with Crippen LogP contribution in [0.1, 0.15) is 26.7 Å². The number of aromatic nitrogens is 1. The first kappa shape index (κ1) is 12.2. The van der Waals surface area contributed by atoms with E-state index in [0.717, 1.165) is 29.6 Å². The summed E-state index contributed by atoms with van der Waals surface area (Å²) in [6.45, 7) is 4.31. The summed E-state index contributed by atoms with van der Waals surface area (Å²) in [6, 6.07) is 3.80. The molecule has 0 aromatic carbocycles. The molecular weight excluding hydrogens is 236 g/mol. The average molecular weight is 253 g/mol. The Bertz CT molecular complexity index is 497. The number of hydrogen-bond acceptors (Lipinski definition) is 3. The topological polar surface area (TPSA) is 38.1 Å². The maximum absolute atomic E-state index is 5.85. The predicted molar refractivity (Wildman–Crippen MR) is 71.7 cm³/mol. The Balaban J connectivity index is 2.31. The molecule has 1 atom stereocenters. The molecule has 1 N–H and O–H groups in total. The number of halogens is 1. The monoisotopic (exact) mass is 252 g/mol. The van der Waals surface area contributed by atoms with Gasteiger partial charge in [-0.3, -0.25) is 0 Å². The van der Waals surface area contributed by atoms with Crippen LogP contribution in [0.5, 0.6) is 0 Å². The van der Waals surface area contributed by atoms with Gasteiger partial charge in [-0.1, -0.05) is 6.92 Å². The highest BCUT2D eigenvalue weighted by Gasteiger charge is 2.22. The van der Waals surface area contributed by atoms with Crippen molar-refractivity contribution in [1.29, 1.82) is 0 Å². The van der Waals surface area contributed by atoms with E-state index < -0.39 is 0 Å². The Morgan fingerprint density at radius 2 is 2.29 bits per heavy atom. The van der Waals surface area contributed by atoms with Gasteiger partial charge in [0.2, 0.25) is 0 Å². The molecule has 0 aliphatic carbocycles. The maximum Gasteiger partial charge on any atom is 0.139 e. The number of alkyl halides is 1. The van der Waals surface area contributed by atoms with Crippen LogP contribution in [0.15, 0.2) is 29.0 Å². The summed E-state index contributed by atoms with van der Waals surface area (Å²) in [5.41, 5.74) is 0.826. The number of nitrogens with zero attached hydrogens (tertiary/aromatic N) is 1. The number of nitrogens with one attached hydrogen (secondary N) is 1. The summed E-state index contributed by atoms with van der Waals surface area (Å²) in [6.07, 6.45) is 5.34. The molecule has 0 aliphatic rings. The van der Waals surface area contributed by atoms with Gasteiger partial charge in [0.05, 0.1) is 11.6 Å². The zero-order valence-electron chi connectivity index (χ0n) is 10.2. The lowest BCUT2D eigenvalue weighted by Gasteiger charge is -2.29. The number of rotatable bonds is 5. The third kappa shape index (κ3) is 2.55. The van der Waals surface area contributed by atoms with Crippen LogP contribution in [0, 0.1) is 0 Å². The summed E-state index contributed by atoms with van der Waals surface area (Å²) >= 11 is 5.85. The lowest BCUT2D eigenvalue weighted by molar-refractivity contribution is 0.480. The van der Waals surface area contributed by atoms with Gasteiger partial charge < -0.3 is 9.73 Å². The van der Waals surface area contributed by atoms with Crippen LogP contribution in [-0.4, -0.2) is 16.4 Å². The van der Waals surface area contributed by atoms with E-state index in [2.05, 4.69) is 24.1 Å². The smallest absolute Gasteiger partial charge is 0.139 e. The SMILES string of the molecule is CCC(C)(CCCl)Nc1nccc2occc12. The molecule has 0 radical (unpaired) electrons. The van der Waals surface area contributed by atoms with Crippen LogP contribution in [0.3, 0.4) is 0 Å². The van der Waals surface area contributed by atoms with Crippen molar-refractivity contribution in [3.05, 3.63) is 24.6 Å². The summed E-state index contributed by atoms with van der Waals surface area (Å²) < 4.78 is 5.36. The Kier molecular flexibility index (Phi) is 3.57. The minimum atomic E-state index is -0.0275. The van der Waals surface area contributed by atoms with Crippen molar-refractivity contribution < 1.29 is 4.42 Å². The predicted octanol–water partition coefficient (Wildman–Crippen LogP) is 4.04. The second kappa shape index (κ2) is 4.96. The van der Waals surface area contributed by atoms with Gasteiger partial charge in [-0.15, -0.1) is 11.6 Å². The molecule has 2 aromatic heterocycles. The highest BCUT2D eigenvalue weighted by atomic mass is 35.5. The lowest BCUT2D eigenvalue weighted by atomic mass is 9.95. The van der Waals surface area contributed by atoms with Gasteiger partial charge in [0.1, 0.15) is 11.4 Å². The molecule has 1 unspecified atom stereocenters. The van der Waals surface area contributed by atoms with Crippen LogP contribution >= 0.6 is 11.6 Å². The zero-order valence-corrected chi connectivity index (χ0v) is 10.9. The normalized spacial score (nSPS) is 14.8. The van der Waals surface area contributed by atoms with Gasteiger partial charge in [-0.25, -0.2) is 4.98 Å². The minimum Gasteiger partial charge on any atom is -0.464 e. The van der Waals surface area contributed by atoms with E-state index in [1.807, 2.05) is 12.1 Å². The van der Waals surface area contributed by atoms with Crippen LogP contribution in [0.4, 0.5) is 5.82 Å². The van der Waals surface area contributed by atoms with Gasteiger partial charge in [0, 0.05) is 17.6 Å². The molecule has 0 bridgehead atoms. The maximum atomic E-state index is 5.85. The first-order valence-corrected chi connectivity index (χ1v) is 6.38. The molecule has 0 amide bonds. The van der Waals surface area contributed by atoms with Crippen LogP contribution in [0.25, 0.3) is 11.0 Å². The van der Waals surface area contributed by atoms with E-state index >= 15 is 0 Å². The number of furan rings is 1. The van der Waals surface area contributed by atoms with Gasteiger partial charge in [0.25, 0.3) is 0 Å². The second-order valence-corrected chi connectivity index (χ2v) is 4.85. The average Bonchev–Trinajstić information content (AvgIpc) is 2.78. The third-order valence-corrected chi connectivity index (χ3v) is 3.42. The highest BCUT2D eigenvalue weighted by molar-refractivity contribution is 6.17. The third-order valence-electron chi connectivity index (χ3n) is 3.23. The van der Waals surface area contributed by atoms with Gasteiger partial charge >= 0.3 is 0 Å². The number of pyridine rings is 1. The first-order chi connectivity index (χ1) is 8.18. The molecule has 0 saturated carbocycles. The quantitative estimate of drug-likeness (QED) is 0.817. The molecule has 0 spiro atoms. The Hall–Kier alpha value is -1.22. The standard InChI is InChI=1S/C13H17ClN2O/c1-3-13(2,6-7-14)16-12-10-5-9-17-11(10)4-8-15-12/h4-5,8-9H,3,6-7H2,1-2H3,(H,15,16). The highest BCUT2D eigenvalue weighted by Crippen LogP contribution is 2.27. The fourth-order valence-corrected chi connectivity index (χ4v) is 2.23. The van der Waals surface area contributed by atoms with E-state index in [9.17, 15) is 0 Å². The van der Waals surface area contributed by atoms with Crippen molar-refractivity contribution in [3.8, 4) is 0 Å². The Labute approximate surface area is 106 Å². The lowest BCUT2D eigenvalue weighted by Crippen LogP contribution is -2.34. The summed E-state index contributed by atoms with van der Waals surface area (Å²) in [5.74, 6) is 1.50. The van der Waals surface area contributed by atoms with E-state index in [1.165, 1.54) is 0 Å². The van der Waals surface area contributed by atoms with Crippen molar-refractivity contribution in [2.45, 2.75) is 32.2 Å². The minimum absolute atomic E-state index is 0.0275. The van der Waals surface area contributed by atoms with Crippen LogP contribution < -0.4 is 5.32 Å². The van der Waals surface area contributed by atoms with Crippen molar-refractivity contribution in [3.63, 3.8) is 0 Å². The molecule has 4 heteroatoms. The Morgan fingerprint density at radius 1 is 1.47 bits per heavy atom. The fraction of sp³-hybridized carbons (Fsp3) is 0.462. The molecule has 17 heavy (non-hydrogen) atoms. The Morgan fingerprint density at radius 3 is 3.00 bits per heavy atom. The zero-order chi connectivity index (χ0) is 12.3. The molecule has 0 aliphatic heterocycles. The van der Waals surface area contributed by atoms with E-state index in [0.29, 0.717) is 5.88 Å². The van der Waals surface area contributed by atoms with E-state index in [4.69, 9.17) is 16.0 Å². The molecule has 3 nitrogen and oxygen atoms in total. The van der Waals surface area contributed by atoms with Crippen LogP contribution in [-0.2, 0) is 0 Å². The van der Waals surface area contributed by atoms with Gasteiger partial charge in [-0.05, 0) is 31.9 Å². The fourth-order valence-electron chi connectivity index (χ4n) is 1.82. The van der Waals surface area contributed by atoms with Crippen molar-refractivity contribution in [2.75, 3.05) is 11.2 Å². The van der Waals surface area contributed by atoms with Gasteiger partial charge in [0.15, 0.2) is 0 Å². The molecule has 2 rings (SSSR count). The van der Waals surface area contributed by atoms with Crippen molar-refractivity contribution in [2.24, 2.45) is 0 Å². The molecule has 0 saturated heterocycles. The number of fused-ring (bicyclic) bond motifs is 1. The second-order valence-electron chi connectivity index (χ2n) is 4.47. The van der Waals surface area contributed by atoms with Gasteiger partial charge in [-0.2, -0.15) is 0 Å². The van der Waals surface area contributed by atoms with E-state index in [1.54, 1.807) is 12.5 Å². The van der Waals surface area contributed by atoms with E-state index in [-0.39, 0.29) is 5.54 Å². The van der Waals surface area contributed by atoms with Crippen molar-refractivity contribution in [1.82, 2.24) is 4.98 Å². The largest absolute Gasteiger partial charge is 0.464 e. The molecule has 2 aromatic rings. The number of hydrogen-bond donors (Lipinski definition) is 1. The molecular formula is C13H17ClN2O. The first-order valence-electron chi connectivity index (χ1n) is 5.85. The summed E-state index contributed by atoms with van der Waals surface area (Å²) in [4.78, 5) is 4.38. The molecule has 0 fully saturated rings. The van der Waals surface area contributed by atoms with Crippen molar-refractivity contribution >= 4 is 28.4 Å². The summed E-state index contributed by atoms with van der Waals surface area (Å²) in [5, 5.41) is 4.50. The summed E-state index contributed by atoms with van der Waals surface area (Å²) in [7, 11) is 0. The number of anilines is 1. The van der Waals surface area contributed by atoms with Crippen LogP contribution in [0.2, 0.25) is 0 Å². The molecule has 92 valence electrons. The molecule has 2 heterocycles.